The van der Waals surface area contributed by atoms with Crippen molar-refractivity contribution in [2.75, 3.05) is 25.1 Å². The maximum atomic E-state index is 12.0. The number of hydrogen-bond acceptors (Lipinski definition) is 4. The second kappa shape index (κ2) is 4.93. The summed E-state index contributed by atoms with van der Waals surface area (Å²) in [6, 6.07) is 5.15. The molecule has 0 aliphatic rings. The van der Waals surface area contributed by atoms with Crippen LogP contribution in [0.25, 0.3) is 0 Å². The minimum Gasteiger partial charge on any atom is -0.396 e. The molecule has 0 aliphatic heterocycles. The van der Waals surface area contributed by atoms with Gasteiger partial charge in [-0.3, -0.25) is 0 Å². The third-order valence-electron chi connectivity index (χ3n) is 2.27. The van der Waals surface area contributed by atoms with Crippen LogP contribution >= 0.6 is 0 Å². The summed E-state index contributed by atoms with van der Waals surface area (Å²) < 4.78 is 25.2. The molecule has 0 amide bonds. The number of sulfonamides is 1. The highest BCUT2D eigenvalue weighted by atomic mass is 32.2. The first-order valence-electron chi connectivity index (χ1n) is 5.34. The van der Waals surface area contributed by atoms with Crippen LogP contribution in [0.3, 0.4) is 0 Å². The number of hydrogen-bond donors (Lipinski definition) is 2. The van der Waals surface area contributed by atoms with E-state index in [4.69, 9.17) is 5.73 Å². The van der Waals surface area contributed by atoms with Crippen molar-refractivity contribution >= 4 is 21.4 Å². The lowest BCUT2D eigenvalue weighted by molar-refractivity contribution is 0.521. The molecule has 1 rings (SSSR count). The van der Waals surface area contributed by atoms with E-state index in [9.17, 15) is 8.42 Å². The van der Waals surface area contributed by atoms with Gasteiger partial charge in [-0.1, -0.05) is 6.07 Å². The lowest BCUT2D eigenvalue weighted by Crippen LogP contribution is -2.24. The minimum atomic E-state index is -3.50. The van der Waals surface area contributed by atoms with Crippen LogP contribution in [-0.4, -0.2) is 32.9 Å². The Labute approximate surface area is 103 Å². The zero-order valence-electron chi connectivity index (χ0n) is 10.6. The summed E-state index contributed by atoms with van der Waals surface area (Å²) in [4.78, 5) is 0.133. The summed E-state index contributed by atoms with van der Waals surface area (Å²) in [5.41, 5.74) is 6.79. The van der Waals surface area contributed by atoms with Crippen molar-refractivity contribution in [3.63, 3.8) is 0 Å². The normalized spacial score (nSPS) is 12.1. The maximum absolute atomic E-state index is 12.0. The Bertz CT molecular complexity index is 495. The molecule has 0 saturated heterocycles. The molecule has 0 aromatic heterocycles. The average Bonchev–Trinajstić information content (AvgIpc) is 2.20. The Balaban J connectivity index is 3.29. The molecule has 0 unspecified atom stereocenters. The molecule has 0 bridgehead atoms. The van der Waals surface area contributed by atoms with Gasteiger partial charge in [-0.25, -0.2) is 12.7 Å². The van der Waals surface area contributed by atoms with Crippen molar-refractivity contribution in [2.24, 2.45) is 0 Å². The van der Waals surface area contributed by atoms with Crippen molar-refractivity contribution < 1.29 is 8.42 Å². The van der Waals surface area contributed by atoms with E-state index >= 15 is 0 Å². The Kier molecular flexibility index (Phi) is 4.00. The van der Waals surface area contributed by atoms with E-state index in [1.54, 1.807) is 12.1 Å². The van der Waals surface area contributed by atoms with Gasteiger partial charge in [0.2, 0.25) is 10.0 Å². The predicted molar refractivity (Wildman–Crippen MR) is 70.5 cm³/mol. The Morgan fingerprint density at radius 1 is 1.29 bits per heavy atom. The summed E-state index contributed by atoms with van der Waals surface area (Å²) in [5, 5.41) is 3.12. The molecule has 3 N–H and O–H groups in total. The molecular weight excluding hydrogens is 238 g/mol. The molecule has 17 heavy (non-hydrogen) atoms. The van der Waals surface area contributed by atoms with Gasteiger partial charge in [0.1, 0.15) is 4.90 Å². The quantitative estimate of drug-likeness (QED) is 0.798. The third-order valence-corrected chi connectivity index (χ3v) is 4.14. The Morgan fingerprint density at radius 2 is 1.88 bits per heavy atom. The summed E-state index contributed by atoms with van der Waals surface area (Å²) in [6.07, 6.45) is 0. The minimum absolute atomic E-state index is 0.133. The molecular formula is C11H19N3O2S. The van der Waals surface area contributed by atoms with Gasteiger partial charge >= 0.3 is 0 Å². The van der Waals surface area contributed by atoms with Gasteiger partial charge in [-0.2, -0.15) is 0 Å². The van der Waals surface area contributed by atoms with Crippen LogP contribution in [0.2, 0.25) is 0 Å². The Morgan fingerprint density at radius 3 is 2.35 bits per heavy atom. The molecule has 1 aromatic rings. The number of rotatable bonds is 4. The summed E-state index contributed by atoms with van der Waals surface area (Å²) in [6.45, 7) is 3.93. The van der Waals surface area contributed by atoms with Crippen LogP contribution in [0.1, 0.15) is 13.8 Å². The van der Waals surface area contributed by atoms with Crippen molar-refractivity contribution in [1.82, 2.24) is 4.31 Å². The molecule has 0 spiro atoms. The van der Waals surface area contributed by atoms with Gasteiger partial charge in [-0.15, -0.1) is 0 Å². The molecule has 0 radical (unpaired) electrons. The Hall–Kier alpha value is -1.27. The molecule has 96 valence electrons. The lowest BCUT2D eigenvalue weighted by Gasteiger charge is -2.17. The van der Waals surface area contributed by atoms with Gasteiger partial charge in [0.05, 0.1) is 11.4 Å². The smallest absolute Gasteiger partial charge is 0.244 e. The summed E-state index contributed by atoms with van der Waals surface area (Å²) in [7, 11) is -0.531. The molecule has 0 fully saturated rings. The van der Waals surface area contributed by atoms with E-state index in [2.05, 4.69) is 5.32 Å². The average molecular weight is 257 g/mol. The highest BCUT2D eigenvalue weighted by Gasteiger charge is 2.21. The fourth-order valence-electron chi connectivity index (χ4n) is 1.40. The molecule has 6 heteroatoms. The van der Waals surface area contributed by atoms with Crippen molar-refractivity contribution in [1.29, 1.82) is 0 Å². The van der Waals surface area contributed by atoms with Gasteiger partial charge < -0.3 is 11.1 Å². The monoisotopic (exact) mass is 257 g/mol. The lowest BCUT2D eigenvalue weighted by atomic mass is 10.2. The molecule has 0 saturated carbocycles. The van der Waals surface area contributed by atoms with Crippen LogP contribution in [-0.2, 0) is 10.0 Å². The standard InChI is InChI=1S/C11H19N3O2S/c1-8(2)13-9-6-5-7-10(11(9)12)17(15,16)14(3)4/h5-8,13H,12H2,1-4H3. The summed E-state index contributed by atoms with van der Waals surface area (Å²) in [5.74, 6) is 0. The van der Waals surface area contributed by atoms with Crippen molar-refractivity contribution in [2.45, 2.75) is 24.8 Å². The SMILES string of the molecule is CC(C)Nc1cccc(S(=O)(=O)N(C)C)c1N. The van der Waals surface area contributed by atoms with Gasteiger partial charge in [0, 0.05) is 20.1 Å². The van der Waals surface area contributed by atoms with Crippen molar-refractivity contribution in [3.8, 4) is 0 Å². The van der Waals surface area contributed by atoms with Gasteiger partial charge in [-0.05, 0) is 26.0 Å². The molecule has 1 aromatic carbocycles. The molecule has 0 heterocycles. The zero-order valence-corrected chi connectivity index (χ0v) is 11.4. The van der Waals surface area contributed by atoms with Crippen molar-refractivity contribution in [3.05, 3.63) is 18.2 Å². The maximum Gasteiger partial charge on any atom is 0.244 e. The van der Waals surface area contributed by atoms with E-state index < -0.39 is 10.0 Å². The first-order valence-corrected chi connectivity index (χ1v) is 6.78. The number of nitrogen functional groups attached to an aromatic ring is 1. The molecule has 0 aliphatic carbocycles. The number of para-hydroxylation sites is 1. The highest BCUT2D eigenvalue weighted by Crippen LogP contribution is 2.28. The summed E-state index contributed by atoms with van der Waals surface area (Å²) >= 11 is 0. The van der Waals surface area contributed by atoms with E-state index in [1.807, 2.05) is 13.8 Å². The number of nitrogens with two attached hydrogens (primary N) is 1. The van der Waals surface area contributed by atoms with Crippen LogP contribution < -0.4 is 11.1 Å². The van der Waals surface area contributed by atoms with E-state index in [1.165, 1.54) is 20.2 Å². The zero-order chi connectivity index (χ0) is 13.2. The van der Waals surface area contributed by atoms with Crippen LogP contribution in [0.15, 0.2) is 23.1 Å². The number of nitrogens with zero attached hydrogens (tertiary/aromatic N) is 1. The molecule has 5 nitrogen and oxygen atoms in total. The van der Waals surface area contributed by atoms with E-state index in [0.29, 0.717) is 5.69 Å². The van der Waals surface area contributed by atoms with Crippen LogP contribution in [0.4, 0.5) is 11.4 Å². The first-order chi connectivity index (χ1) is 7.76. The van der Waals surface area contributed by atoms with E-state index in [-0.39, 0.29) is 16.6 Å². The van der Waals surface area contributed by atoms with Crippen LogP contribution in [0.5, 0.6) is 0 Å². The molecule has 0 atom stereocenters. The third kappa shape index (κ3) is 2.89. The van der Waals surface area contributed by atoms with Crippen LogP contribution in [0, 0.1) is 0 Å². The predicted octanol–water partition coefficient (Wildman–Crippen LogP) is 1.34. The number of nitrogens with one attached hydrogen (secondary N) is 1. The van der Waals surface area contributed by atoms with E-state index in [0.717, 1.165) is 4.31 Å². The highest BCUT2D eigenvalue weighted by molar-refractivity contribution is 7.89. The largest absolute Gasteiger partial charge is 0.396 e. The van der Waals surface area contributed by atoms with Gasteiger partial charge in [0.15, 0.2) is 0 Å². The fourth-order valence-corrected chi connectivity index (χ4v) is 2.43. The fraction of sp³-hybridized carbons (Fsp3) is 0.455. The number of anilines is 2. The topological polar surface area (TPSA) is 75.4 Å². The van der Waals surface area contributed by atoms with Gasteiger partial charge in [0.25, 0.3) is 0 Å². The number of benzene rings is 1. The second-order valence-electron chi connectivity index (χ2n) is 4.30. The first kappa shape index (κ1) is 13.8. The second-order valence-corrected chi connectivity index (χ2v) is 6.42.